The van der Waals surface area contributed by atoms with Crippen molar-refractivity contribution in [2.75, 3.05) is 0 Å². The lowest BCUT2D eigenvalue weighted by Crippen LogP contribution is -1.98. The van der Waals surface area contributed by atoms with E-state index in [1.807, 2.05) is 6.92 Å². The van der Waals surface area contributed by atoms with Crippen LogP contribution in [0.4, 0.5) is 4.39 Å². The zero-order chi connectivity index (χ0) is 13.1. The monoisotopic (exact) mass is 284 g/mol. The molecule has 1 N–H and O–H groups in total. The van der Waals surface area contributed by atoms with Crippen LogP contribution in [-0.2, 0) is 6.42 Å². The number of aromatic nitrogens is 3. The number of rotatable bonds is 3. The molecule has 94 valence electrons. The average molecular weight is 285 g/mol. The van der Waals surface area contributed by atoms with E-state index in [-0.39, 0.29) is 5.56 Å². The number of aryl methyl sites for hydroxylation is 1. The molecule has 0 bridgehead atoms. The van der Waals surface area contributed by atoms with Crippen LogP contribution in [0.5, 0.6) is 0 Å². The molecule has 7 heteroatoms. The number of benzene rings is 1. The second-order valence-corrected chi connectivity index (χ2v) is 4.28. The van der Waals surface area contributed by atoms with Crippen molar-refractivity contribution in [2.24, 2.45) is 5.10 Å². The van der Waals surface area contributed by atoms with Gasteiger partial charge >= 0.3 is 0 Å². The zero-order valence-corrected chi connectivity index (χ0v) is 11.1. The Bertz CT molecular complexity index is 626. The van der Waals surface area contributed by atoms with Crippen molar-refractivity contribution in [1.29, 1.82) is 0 Å². The van der Waals surface area contributed by atoms with Crippen LogP contribution in [0, 0.1) is 10.6 Å². The molecule has 1 aromatic heterocycles. The SMILES string of the molecule is CCc1n[nH]c(=S)n1/N=C/c1c(F)cccc1Cl. The van der Waals surface area contributed by atoms with Gasteiger partial charge in [0.2, 0.25) is 4.77 Å². The van der Waals surface area contributed by atoms with Crippen LogP contribution in [0.3, 0.4) is 0 Å². The Kier molecular flexibility index (Phi) is 3.88. The summed E-state index contributed by atoms with van der Waals surface area (Å²) < 4.78 is 15.3. The van der Waals surface area contributed by atoms with E-state index >= 15 is 0 Å². The molecule has 0 saturated heterocycles. The summed E-state index contributed by atoms with van der Waals surface area (Å²) in [7, 11) is 0. The largest absolute Gasteiger partial charge is 0.250 e. The maximum absolute atomic E-state index is 13.5. The maximum Gasteiger partial charge on any atom is 0.216 e. The predicted molar refractivity (Wildman–Crippen MR) is 71.2 cm³/mol. The van der Waals surface area contributed by atoms with E-state index in [9.17, 15) is 4.39 Å². The van der Waals surface area contributed by atoms with E-state index in [1.165, 1.54) is 23.0 Å². The molecule has 0 aliphatic carbocycles. The number of halogens is 2. The van der Waals surface area contributed by atoms with Crippen LogP contribution in [0.2, 0.25) is 5.02 Å². The highest BCUT2D eigenvalue weighted by Crippen LogP contribution is 2.16. The molecule has 0 saturated carbocycles. The van der Waals surface area contributed by atoms with Crippen LogP contribution >= 0.6 is 23.8 Å². The second-order valence-electron chi connectivity index (χ2n) is 3.49. The summed E-state index contributed by atoms with van der Waals surface area (Å²) in [6.07, 6.45) is 2.00. The Morgan fingerprint density at radius 2 is 2.39 bits per heavy atom. The van der Waals surface area contributed by atoms with Crippen LogP contribution in [0.25, 0.3) is 0 Å². The van der Waals surface area contributed by atoms with E-state index in [2.05, 4.69) is 15.3 Å². The van der Waals surface area contributed by atoms with Crippen LogP contribution in [-0.4, -0.2) is 21.1 Å². The molecule has 0 spiro atoms. The van der Waals surface area contributed by atoms with Crippen molar-refractivity contribution < 1.29 is 4.39 Å². The number of hydrogen-bond acceptors (Lipinski definition) is 3. The zero-order valence-electron chi connectivity index (χ0n) is 9.52. The molecule has 2 rings (SSSR count). The van der Waals surface area contributed by atoms with Crippen LogP contribution in [0.15, 0.2) is 23.3 Å². The van der Waals surface area contributed by atoms with Gasteiger partial charge in [0.25, 0.3) is 0 Å². The minimum Gasteiger partial charge on any atom is -0.250 e. The van der Waals surface area contributed by atoms with Crippen molar-refractivity contribution in [1.82, 2.24) is 14.9 Å². The normalized spacial score (nSPS) is 11.3. The van der Waals surface area contributed by atoms with Crippen molar-refractivity contribution in [3.63, 3.8) is 0 Å². The highest BCUT2D eigenvalue weighted by atomic mass is 35.5. The van der Waals surface area contributed by atoms with E-state index in [0.717, 1.165) is 0 Å². The van der Waals surface area contributed by atoms with Gasteiger partial charge < -0.3 is 0 Å². The number of nitrogens with zero attached hydrogens (tertiary/aromatic N) is 3. The molecule has 1 heterocycles. The quantitative estimate of drug-likeness (QED) is 0.695. The summed E-state index contributed by atoms with van der Waals surface area (Å²) in [5.74, 6) is 0.239. The fourth-order valence-corrected chi connectivity index (χ4v) is 1.83. The smallest absolute Gasteiger partial charge is 0.216 e. The minimum atomic E-state index is -0.431. The lowest BCUT2D eigenvalue weighted by molar-refractivity contribution is 0.625. The van der Waals surface area contributed by atoms with E-state index in [4.69, 9.17) is 23.8 Å². The Balaban J connectivity index is 2.42. The van der Waals surface area contributed by atoms with Crippen LogP contribution < -0.4 is 0 Å². The van der Waals surface area contributed by atoms with Gasteiger partial charge in [0, 0.05) is 12.0 Å². The first-order valence-electron chi connectivity index (χ1n) is 5.28. The van der Waals surface area contributed by atoms with Gasteiger partial charge in [-0.1, -0.05) is 24.6 Å². The summed E-state index contributed by atoms with van der Waals surface area (Å²) in [5, 5.41) is 11.0. The number of aromatic amines is 1. The molecule has 0 atom stereocenters. The molecule has 0 radical (unpaired) electrons. The number of H-pyrrole nitrogens is 1. The highest BCUT2D eigenvalue weighted by Gasteiger charge is 2.05. The third-order valence-electron chi connectivity index (χ3n) is 2.34. The van der Waals surface area contributed by atoms with Crippen molar-refractivity contribution >= 4 is 30.0 Å². The topological polar surface area (TPSA) is 46.0 Å². The van der Waals surface area contributed by atoms with E-state index < -0.39 is 5.82 Å². The summed E-state index contributed by atoms with van der Waals surface area (Å²) in [6, 6.07) is 4.46. The fraction of sp³-hybridized carbons (Fsp3) is 0.182. The van der Waals surface area contributed by atoms with Gasteiger partial charge in [0.15, 0.2) is 5.82 Å². The number of nitrogens with one attached hydrogen (secondary N) is 1. The molecular weight excluding hydrogens is 275 g/mol. The Hall–Kier alpha value is -1.53. The standard InChI is InChI=1S/C11H10ClFN4S/c1-2-10-15-16-11(18)17(10)14-6-7-8(12)4-3-5-9(7)13/h3-6H,2H2,1H3,(H,16,18)/b14-6+. The molecule has 0 aliphatic heterocycles. The molecule has 0 aliphatic rings. The van der Waals surface area contributed by atoms with Gasteiger partial charge in [0.05, 0.1) is 11.2 Å². The van der Waals surface area contributed by atoms with E-state index in [1.54, 1.807) is 6.07 Å². The van der Waals surface area contributed by atoms with Crippen molar-refractivity contribution in [3.05, 3.63) is 45.2 Å². The minimum absolute atomic E-state index is 0.226. The van der Waals surface area contributed by atoms with Gasteiger partial charge in [0.1, 0.15) is 5.82 Å². The lowest BCUT2D eigenvalue weighted by Gasteiger charge is -2.00. The summed E-state index contributed by atoms with van der Waals surface area (Å²) >= 11 is 10.9. The molecule has 0 amide bonds. The van der Waals surface area contributed by atoms with Crippen molar-refractivity contribution in [2.45, 2.75) is 13.3 Å². The average Bonchev–Trinajstić information content (AvgIpc) is 2.70. The highest BCUT2D eigenvalue weighted by molar-refractivity contribution is 7.71. The van der Waals surface area contributed by atoms with Gasteiger partial charge in [-0.15, -0.1) is 0 Å². The third-order valence-corrected chi connectivity index (χ3v) is 2.93. The first-order chi connectivity index (χ1) is 8.63. The molecule has 18 heavy (non-hydrogen) atoms. The van der Waals surface area contributed by atoms with Gasteiger partial charge in [-0.2, -0.15) is 14.9 Å². The molecular formula is C11H10ClFN4S. The molecule has 2 aromatic rings. The maximum atomic E-state index is 13.5. The predicted octanol–water partition coefficient (Wildman–Crippen LogP) is 3.18. The second kappa shape index (κ2) is 5.41. The lowest BCUT2D eigenvalue weighted by atomic mass is 10.2. The molecule has 4 nitrogen and oxygen atoms in total. The summed E-state index contributed by atoms with van der Waals surface area (Å²) in [6.45, 7) is 1.92. The first kappa shape index (κ1) is 12.9. The Morgan fingerprint density at radius 3 is 3.06 bits per heavy atom. The fourth-order valence-electron chi connectivity index (χ4n) is 1.42. The van der Waals surface area contributed by atoms with Gasteiger partial charge in [-0.05, 0) is 24.4 Å². The molecule has 0 unspecified atom stereocenters. The third kappa shape index (κ3) is 2.49. The first-order valence-corrected chi connectivity index (χ1v) is 6.06. The molecule has 0 fully saturated rings. The van der Waals surface area contributed by atoms with E-state index in [0.29, 0.717) is 22.0 Å². The summed E-state index contributed by atoms with van der Waals surface area (Å²) in [4.78, 5) is 0. The molecule has 1 aromatic carbocycles. The van der Waals surface area contributed by atoms with Crippen LogP contribution in [0.1, 0.15) is 18.3 Å². The Labute approximate surface area is 113 Å². The summed E-state index contributed by atoms with van der Waals surface area (Å²) in [5.41, 5.74) is 0.226. The Morgan fingerprint density at radius 1 is 1.61 bits per heavy atom. The van der Waals surface area contributed by atoms with Gasteiger partial charge in [-0.25, -0.2) is 4.39 Å². The van der Waals surface area contributed by atoms with Crippen molar-refractivity contribution in [3.8, 4) is 0 Å². The number of hydrogen-bond donors (Lipinski definition) is 1. The van der Waals surface area contributed by atoms with Gasteiger partial charge in [-0.3, -0.25) is 5.10 Å².